The molecule has 0 aliphatic heterocycles. The number of hydrogen-bond acceptors (Lipinski definition) is 2. The molecule has 102 valence electrons. The molecule has 0 atom stereocenters. The van der Waals surface area contributed by atoms with Crippen molar-refractivity contribution in [1.29, 1.82) is 0 Å². The van der Waals surface area contributed by atoms with Crippen molar-refractivity contribution in [1.82, 2.24) is 15.1 Å². The fraction of sp³-hybridized carbons (Fsp3) is 0.400. The number of aromatic nitrogens is 2. The Morgan fingerprint density at radius 3 is 2.58 bits per heavy atom. The van der Waals surface area contributed by atoms with Crippen LogP contribution in [0.3, 0.4) is 0 Å². The number of hydrogen-bond donors (Lipinski definition) is 1. The average Bonchev–Trinajstić information content (AvgIpc) is 2.70. The van der Waals surface area contributed by atoms with Gasteiger partial charge >= 0.3 is 0 Å². The van der Waals surface area contributed by atoms with Gasteiger partial charge in [-0.1, -0.05) is 12.1 Å². The van der Waals surface area contributed by atoms with Crippen LogP contribution in [0.25, 0.3) is 0 Å². The van der Waals surface area contributed by atoms with Gasteiger partial charge in [0.15, 0.2) is 0 Å². The van der Waals surface area contributed by atoms with Crippen LogP contribution in [0.15, 0.2) is 30.3 Å². The van der Waals surface area contributed by atoms with Crippen LogP contribution < -0.4 is 5.32 Å². The zero-order valence-corrected chi connectivity index (χ0v) is 11.5. The zero-order chi connectivity index (χ0) is 13.7. The second-order valence-corrected chi connectivity index (χ2v) is 4.81. The molecule has 19 heavy (non-hydrogen) atoms. The van der Waals surface area contributed by atoms with Crippen molar-refractivity contribution in [2.45, 2.75) is 33.4 Å². The third-order valence-electron chi connectivity index (χ3n) is 3.07. The van der Waals surface area contributed by atoms with Crippen LogP contribution in [0, 0.1) is 19.7 Å². The number of halogens is 1. The van der Waals surface area contributed by atoms with E-state index in [0.717, 1.165) is 37.3 Å². The van der Waals surface area contributed by atoms with E-state index >= 15 is 0 Å². The molecule has 1 heterocycles. The Labute approximate surface area is 113 Å². The van der Waals surface area contributed by atoms with Gasteiger partial charge < -0.3 is 5.32 Å². The first kappa shape index (κ1) is 13.7. The maximum absolute atomic E-state index is 12.7. The highest BCUT2D eigenvalue weighted by molar-refractivity contribution is 5.15. The fourth-order valence-corrected chi connectivity index (χ4v) is 2.09. The van der Waals surface area contributed by atoms with Crippen molar-refractivity contribution in [2.24, 2.45) is 0 Å². The van der Waals surface area contributed by atoms with Crippen molar-refractivity contribution in [3.63, 3.8) is 0 Å². The lowest BCUT2D eigenvalue weighted by Gasteiger charge is -2.06. The summed E-state index contributed by atoms with van der Waals surface area (Å²) in [6.45, 7) is 6.71. The lowest BCUT2D eigenvalue weighted by molar-refractivity contribution is 0.532. The molecule has 2 aromatic rings. The van der Waals surface area contributed by atoms with Gasteiger partial charge in [0.25, 0.3) is 0 Å². The lowest BCUT2D eigenvalue weighted by Crippen LogP contribution is -2.17. The van der Waals surface area contributed by atoms with Crippen molar-refractivity contribution in [3.8, 4) is 0 Å². The maximum atomic E-state index is 12.7. The van der Waals surface area contributed by atoms with Crippen LogP contribution in [0.5, 0.6) is 0 Å². The summed E-state index contributed by atoms with van der Waals surface area (Å²) in [6, 6.07) is 8.69. The molecule has 3 nitrogen and oxygen atoms in total. The van der Waals surface area contributed by atoms with Crippen LogP contribution in [0.1, 0.15) is 23.4 Å². The fourth-order valence-electron chi connectivity index (χ4n) is 2.09. The monoisotopic (exact) mass is 261 g/mol. The first-order chi connectivity index (χ1) is 9.15. The second-order valence-electron chi connectivity index (χ2n) is 4.81. The van der Waals surface area contributed by atoms with Gasteiger partial charge in [0, 0.05) is 18.8 Å². The molecular weight excluding hydrogens is 241 g/mol. The number of nitrogens with zero attached hydrogens (tertiary/aromatic N) is 2. The van der Waals surface area contributed by atoms with Crippen molar-refractivity contribution in [2.75, 3.05) is 6.54 Å². The van der Waals surface area contributed by atoms with E-state index in [2.05, 4.69) is 23.4 Å². The van der Waals surface area contributed by atoms with Crippen LogP contribution in [-0.4, -0.2) is 16.3 Å². The molecule has 0 aliphatic rings. The van der Waals surface area contributed by atoms with E-state index in [1.807, 2.05) is 23.7 Å². The SMILES string of the molecule is Cc1cc(C)n(CCCNCc2ccc(F)cc2)n1. The Morgan fingerprint density at radius 1 is 1.21 bits per heavy atom. The highest BCUT2D eigenvalue weighted by Gasteiger charge is 2.00. The third kappa shape index (κ3) is 4.17. The highest BCUT2D eigenvalue weighted by atomic mass is 19.1. The topological polar surface area (TPSA) is 29.9 Å². The van der Waals surface area contributed by atoms with E-state index in [1.165, 1.54) is 17.8 Å². The third-order valence-corrected chi connectivity index (χ3v) is 3.07. The molecule has 1 N–H and O–H groups in total. The van der Waals surface area contributed by atoms with E-state index < -0.39 is 0 Å². The molecule has 0 radical (unpaired) electrons. The molecule has 0 saturated heterocycles. The number of rotatable bonds is 6. The van der Waals surface area contributed by atoms with E-state index in [9.17, 15) is 4.39 Å². The Balaban J connectivity index is 1.67. The van der Waals surface area contributed by atoms with Crippen LogP contribution in [-0.2, 0) is 13.1 Å². The first-order valence-corrected chi connectivity index (χ1v) is 6.61. The summed E-state index contributed by atoms with van der Waals surface area (Å²) in [5.74, 6) is -0.187. The van der Waals surface area contributed by atoms with Crippen LogP contribution in [0.2, 0.25) is 0 Å². The summed E-state index contributed by atoms with van der Waals surface area (Å²) in [7, 11) is 0. The summed E-state index contributed by atoms with van der Waals surface area (Å²) in [5.41, 5.74) is 3.38. The first-order valence-electron chi connectivity index (χ1n) is 6.61. The molecule has 0 bridgehead atoms. The molecular formula is C15H20FN3. The van der Waals surface area contributed by atoms with Crippen molar-refractivity contribution < 1.29 is 4.39 Å². The summed E-state index contributed by atoms with van der Waals surface area (Å²) in [6.07, 6.45) is 1.03. The zero-order valence-electron chi connectivity index (χ0n) is 11.5. The predicted molar refractivity (Wildman–Crippen MR) is 74.4 cm³/mol. The summed E-state index contributed by atoms with van der Waals surface area (Å²) >= 11 is 0. The van der Waals surface area contributed by atoms with Crippen molar-refractivity contribution in [3.05, 3.63) is 53.1 Å². The molecule has 0 fully saturated rings. The van der Waals surface area contributed by atoms with Gasteiger partial charge in [-0.15, -0.1) is 0 Å². The Kier molecular flexibility index (Phi) is 4.68. The molecule has 0 amide bonds. The van der Waals surface area contributed by atoms with E-state index in [1.54, 1.807) is 0 Å². The normalized spacial score (nSPS) is 10.9. The van der Waals surface area contributed by atoms with Gasteiger partial charge in [-0.25, -0.2) is 4.39 Å². The van der Waals surface area contributed by atoms with E-state index in [0.29, 0.717) is 0 Å². The standard InChI is InChI=1S/C15H20FN3/c1-12-10-13(2)19(18-12)9-3-8-17-11-14-4-6-15(16)7-5-14/h4-7,10,17H,3,8-9,11H2,1-2H3. The minimum atomic E-state index is -0.187. The summed E-state index contributed by atoms with van der Waals surface area (Å²) < 4.78 is 14.8. The number of nitrogens with one attached hydrogen (secondary N) is 1. The quantitative estimate of drug-likeness (QED) is 0.810. The average molecular weight is 261 g/mol. The van der Waals surface area contributed by atoms with Crippen molar-refractivity contribution >= 4 is 0 Å². The van der Waals surface area contributed by atoms with Gasteiger partial charge in [0.05, 0.1) is 5.69 Å². The smallest absolute Gasteiger partial charge is 0.123 e. The molecule has 1 aromatic carbocycles. The Morgan fingerprint density at radius 2 is 1.95 bits per heavy atom. The molecule has 0 spiro atoms. The van der Waals surface area contributed by atoms with E-state index in [4.69, 9.17) is 0 Å². The molecule has 1 aromatic heterocycles. The van der Waals surface area contributed by atoms with Gasteiger partial charge in [-0.05, 0) is 50.6 Å². The lowest BCUT2D eigenvalue weighted by atomic mass is 10.2. The molecule has 0 aliphatic carbocycles. The molecule has 2 rings (SSSR count). The second kappa shape index (κ2) is 6.48. The summed E-state index contributed by atoms with van der Waals surface area (Å²) in [5, 5.41) is 7.78. The van der Waals surface area contributed by atoms with Crippen LogP contribution in [0.4, 0.5) is 4.39 Å². The van der Waals surface area contributed by atoms with Gasteiger partial charge in [0.2, 0.25) is 0 Å². The number of benzene rings is 1. The minimum absolute atomic E-state index is 0.187. The molecule has 0 saturated carbocycles. The Bertz CT molecular complexity index is 517. The largest absolute Gasteiger partial charge is 0.313 e. The number of aryl methyl sites for hydroxylation is 3. The van der Waals surface area contributed by atoms with Gasteiger partial charge in [0.1, 0.15) is 5.82 Å². The van der Waals surface area contributed by atoms with E-state index in [-0.39, 0.29) is 5.82 Å². The highest BCUT2D eigenvalue weighted by Crippen LogP contribution is 2.03. The predicted octanol–water partition coefficient (Wildman–Crippen LogP) is 2.82. The summed E-state index contributed by atoms with van der Waals surface area (Å²) in [4.78, 5) is 0. The van der Waals surface area contributed by atoms with Crippen LogP contribution >= 0.6 is 0 Å². The van der Waals surface area contributed by atoms with Gasteiger partial charge in [-0.2, -0.15) is 5.10 Å². The van der Waals surface area contributed by atoms with Gasteiger partial charge in [-0.3, -0.25) is 4.68 Å². The Hall–Kier alpha value is -1.68. The molecule has 0 unspecified atom stereocenters. The molecule has 4 heteroatoms. The maximum Gasteiger partial charge on any atom is 0.123 e. The minimum Gasteiger partial charge on any atom is -0.313 e.